The summed E-state index contributed by atoms with van der Waals surface area (Å²) in [6.07, 6.45) is 0.420. The Balaban J connectivity index is 2.16. The number of anilines is 2. The molecule has 1 aromatic carbocycles. The van der Waals surface area contributed by atoms with E-state index in [9.17, 15) is 9.59 Å². The summed E-state index contributed by atoms with van der Waals surface area (Å²) >= 11 is 0. The fraction of sp³-hybridized carbons (Fsp3) is 0.333. The Kier molecular flexibility index (Phi) is 3.36. The van der Waals surface area contributed by atoms with E-state index in [-0.39, 0.29) is 17.9 Å². The number of carbonyl (C=O) groups excluding carboxylic acids is 2. The van der Waals surface area contributed by atoms with Crippen LogP contribution in [0.3, 0.4) is 0 Å². The van der Waals surface area contributed by atoms with E-state index in [1.165, 1.54) is 0 Å². The smallest absolute Gasteiger partial charge is 0.251 e. The molecule has 0 aliphatic carbocycles. The van der Waals surface area contributed by atoms with Crippen molar-refractivity contribution in [3.05, 3.63) is 23.8 Å². The fourth-order valence-electron chi connectivity index (χ4n) is 1.89. The molecule has 18 heavy (non-hydrogen) atoms. The van der Waals surface area contributed by atoms with E-state index in [1.54, 1.807) is 25.2 Å². The van der Waals surface area contributed by atoms with Crippen LogP contribution in [-0.2, 0) is 4.79 Å². The number of hydrogen-bond acceptors (Lipinski definition) is 4. The zero-order chi connectivity index (χ0) is 13.1. The van der Waals surface area contributed by atoms with Gasteiger partial charge >= 0.3 is 0 Å². The first-order valence-corrected chi connectivity index (χ1v) is 5.75. The minimum atomic E-state index is -0.168. The van der Waals surface area contributed by atoms with Gasteiger partial charge in [-0.1, -0.05) is 0 Å². The van der Waals surface area contributed by atoms with Gasteiger partial charge in [-0.05, 0) is 18.2 Å². The maximum absolute atomic E-state index is 11.5. The van der Waals surface area contributed by atoms with Gasteiger partial charge in [-0.3, -0.25) is 9.59 Å². The first-order chi connectivity index (χ1) is 8.60. The minimum Gasteiger partial charge on any atom is -0.397 e. The number of carbonyl (C=O) groups is 2. The maximum atomic E-state index is 11.5. The molecule has 1 atom stereocenters. The normalized spacial score (nSPS) is 18.3. The lowest BCUT2D eigenvalue weighted by Gasteiger charge is -2.15. The third-order valence-electron chi connectivity index (χ3n) is 2.88. The Bertz CT molecular complexity index is 487. The molecule has 1 aromatic rings. The second-order valence-electron chi connectivity index (χ2n) is 4.23. The van der Waals surface area contributed by atoms with Gasteiger partial charge in [0.2, 0.25) is 5.91 Å². The molecule has 1 unspecified atom stereocenters. The van der Waals surface area contributed by atoms with Crippen LogP contribution in [0.15, 0.2) is 18.2 Å². The third kappa shape index (κ3) is 2.53. The number of nitrogen functional groups attached to an aromatic ring is 1. The van der Waals surface area contributed by atoms with E-state index < -0.39 is 0 Å². The Labute approximate surface area is 105 Å². The number of rotatable bonds is 3. The molecule has 0 spiro atoms. The zero-order valence-corrected chi connectivity index (χ0v) is 10.1. The SMILES string of the molecule is CNC(=O)c1ccc(N)c(NC2CNC(=O)C2)c1. The molecule has 6 nitrogen and oxygen atoms in total. The van der Waals surface area contributed by atoms with Crippen LogP contribution in [0.25, 0.3) is 0 Å². The van der Waals surface area contributed by atoms with Gasteiger partial charge in [0.15, 0.2) is 0 Å². The van der Waals surface area contributed by atoms with E-state index in [2.05, 4.69) is 16.0 Å². The molecule has 1 aliphatic heterocycles. The lowest BCUT2D eigenvalue weighted by molar-refractivity contribution is -0.119. The standard InChI is InChI=1S/C12H16N4O2/c1-14-12(18)7-2-3-9(13)10(4-7)16-8-5-11(17)15-6-8/h2-4,8,16H,5-6,13H2,1H3,(H,14,18)(H,15,17). The van der Waals surface area contributed by atoms with Gasteiger partial charge in [-0.2, -0.15) is 0 Å². The number of benzene rings is 1. The fourth-order valence-corrected chi connectivity index (χ4v) is 1.89. The van der Waals surface area contributed by atoms with Gasteiger partial charge < -0.3 is 21.7 Å². The van der Waals surface area contributed by atoms with E-state index in [0.29, 0.717) is 29.9 Å². The van der Waals surface area contributed by atoms with Crippen LogP contribution < -0.4 is 21.7 Å². The van der Waals surface area contributed by atoms with Crippen LogP contribution in [0, 0.1) is 0 Å². The van der Waals surface area contributed by atoms with Crippen LogP contribution in [0.4, 0.5) is 11.4 Å². The molecule has 0 radical (unpaired) electrons. The molecular weight excluding hydrogens is 232 g/mol. The molecule has 1 heterocycles. The Morgan fingerprint density at radius 1 is 1.50 bits per heavy atom. The predicted octanol–water partition coefficient (Wildman–Crippen LogP) is -0.0712. The molecule has 1 saturated heterocycles. The number of nitrogens with one attached hydrogen (secondary N) is 3. The molecule has 2 rings (SSSR count). The van der Waals surface area contributed by atoms with Crippen LogP contribution >= 0.6 is 0 Å². The Morgan fingerprint density at radius 3 is 2.89 bits per heavy atom. The number of hydrogen-bond donors (Lipinski definition) is 4. The minimum absolute atomic E-state index is 0.0136. The van der Waals surface area contributed by atoms with Gasteiger partial charge in [-0.25, -0.2) is 0 Å². The van der Waals surface area contributed by atoms with Crippen molar-refractivity contribution in [2.45, 2.75) is 12.5 Å². The largest absolute Gasteiger partial charge is 0.397 e. The van der Waals surface area contributed by atoms with Gasteiger partial charge in [0.1, 0.15) is 0 Å². The second kappa shape index (κ2) is 4.95. The topological polar surface area (TPSA) is 96.2 Å². The molecule has 0 saturated carbocycles. The Hall–Kier alpha value is -2.24. The molecule has 6 heteroatoms. The Morgan fingerprint density at radius 2 is 2.28 bits per heavy atom. The van der Waals surface area contributed by atoms with Gasteiger partial charge in [0, 0.05) is 25.6 Å². The monoisotopic (exact) mass is 248 g/mol. The van der Waals surface area contributed by atoms with Crippen molar-refractivity contribution in [2.24, 2.45) is 0 Å². The van der Waals surface area contributed by atoms with E-state index >= 15 is 0 Å². The second-order valence-corrected chi connectivity index (χ2v) is 4.23. The summed E-state index contributed by atoms with van der Waals surface area (Å²) in [6, 6.07) is 5.05. The van der Waals surface area contributed by atoms with Gasteiger partial charge in [0.05, 0.1) is 17.4 Å². The van der Waals surface area contributed by atoms with Gasteiger partial charge in [0.25, 0.3) is 5.91 Å². The summed E-state index contributed by atoms with van der Waals surface area (Å²) in [5, 5.41) is 8.46. The van der Waals surface area contributed by atoms with Crippen molar-refractivity contribution in [3.8, 4) is 0 Å². The number of nitrogens with two attached hydrogens (primary N) is 1. The summed E-state index contributed by atoms with van der Waals surface area (Å²) in [7, 11) is 1.57. The van der Waals surface area contributed by atoms with Crippen molar-refractivity contribution in [2.75, 3.05) is 24.6 Å². The van der Waals surface area contributed by atoms with Crippen LogP contribution in [0.2, 0.25) is 0 Å². The average Bonchev–Trinajstić information content (AvgIpc) is 2.76. The zero-order valence-electron chi connectivity index (χ0n) is 10.1. The highest BCUT2D eigenvalue weighted by Crippen LogP contribution is 2.22. The lowest BCUT2D eigenvalue weighted by Crippen LogP contribution is -2.23. The first-order valence-electron chi connectivity index (χ1n) is 5.75. The summed E-state index contributed by atoms with van der Waals surface area (Å²) in [4.78, 5) is 22.6. The highest BCUT2D eigenvalue weighted by molar-refractivity contribution is 5.96. The summed E-state index contributed by atoms with van der Waals surface area (Å²) < 4.78 is 0. The number of amides is 2. The molecule has 0 bridgehead atoms. The molecular formula is C12H16N4O2. The van der Waals surface area contributed by atoms with E-state index in [4.69, 9.17) is 5.73 Å². The van der Waals surface area contributed by atoms with Crippen molar-refractivity contribution >= 4 is 23.2 Å². The quantitative estimate of drug-likeness (QED) is 0.563. The van der Waals surface area contributed by atoms with Crippen LogP contribution in [-0.4, -0.2) is 31.4 Å². The van der Waals surface area contributed by atoms with Crippen molar-refractivity contribution in [1.82, 2.24) is 10.6 Å². The molecule has 2 amide bonds. The summed E-state index contributed by atoms with van der Waals surface area (Å²) in [5.74, 6) is -0.146. The molecule has 0 aromatic heterocycles. The van der Waals surface area contributed by atoms with Crippen LogP contribution in [0.1, 0.15) is 16.8 Å². The highest BCUT2D eigenvalue weighted by atomic mass is 16.2. The molecule has 96 valence electrons. The molecule has 1 aliphatic rings. The van der Waals surface area contributed by atoms with Crippen LogP contribution in [0.5, 0.6) is 0 Å². The third-order valence-corrected chi connectivity index (χ3v) is 2.88. The lowest BCUT2D eigenvalue weighted by atomic mass is 10.1. The van der Waals surface area contributed by atoms with Crippen molar-refractivity contribution in [1.29, 1.82) is 0 Å². The van der Waals surface area contributed by atoms with Crippen molar-refractivity contribution < 1.29 is 9.59 Å². The van der Waals surface area contributed by atoms with E-state index in [1.807, 2.05) is 0 Å². The van der Waals surface area contributed by atoms with Gasteiger partial charge in [-0.15, -0.1) is 0 Å². The summed E-state index contributed by atoms with van der Waals surface area (Å²) in [5.41, 5.74) is 7.61. The highest BCUT2D eigenvalue weighted by Gasteiger charge is 2.21. The summed E-state index contributed by atoms with van der Waals surface area (Å²) in [6.45, 7) is 0.572. The predicted molar refractivity (Wildman–Crippen MR) is 69.3 cm³/mol. The molecule has 1 fully saturated rings. The first kappa shape index (κ1) is 12.2. The van der Waals surface area contributed by atoms with E-state index in [0.717, 1.165) is 0 Å². The van der Waals surface area contributed by atoms with Crippen molar-refractivity contribution in [3.63, 3.8) is 0 Å². The molecule has 5 N–H and O–H groups in total. The average molecular weight is 248 g/mol. The maximum Gasteiger partial charge on any atom is 0.251 e.